The van der Waals surface area contributed by atoms with Gasteiger partial charge in [-0.15, -0.1) is 0 Å². The predicted molar refractivity (Wildman–Crippen MR) is 64.5 cm³/mol. The van der Waals surface area contributed by atoms with Crippen LogP contribution in [-0.4, -0.2) is 34.7 Å². The van der Waals surface area contributed by atoms with Gasteiger partial charge in [-0.2, -0.15) is 0 Å². The van der Waals surface area contributed by atoms with Crippen molar-refractivity contribution in [3.05, 3.63) is 0 Å². The summed E-state index contributed by atoms with van der Waals surface area (Å²) >= 11 is 0. The molecule has 0 aromatic rings. The Bertz CT molecular complexity index is 274. The molecule has 0 saturated heterocycles. The van der Waals surface area contributed by atoms with Crippen LogP contribution in [0, 0.1) is 11.3 Å². The number of carboxylic acid groups (broad SMARTS) is 1. The van der Waals surface area contributed by atoms with Crippen molar-refractivity contribution in [2.24, 2.45) is 11.3 Å². The van der Waals surface area contributed by atoms with Crippen molar-refractivity contribution in [1.82, 2.24) is 5.32 Å². The van der Waals surface area contributed by atoms with Crippen LogP contribution in [0.4, 0.5) is 0 Å². The summed E-state index contributed by atoms with van der Waals surface area (Å²) in [7, 11) is 0. The van der Waals surface area contributed by atoms with Gasteiger partial charge >= 0.3 is 5.97 Å². The summed E-state index contributed by atoms with van der Waals surface area (Å²) in [6.45, 7) is 6.85. The van der Waals surface area contributed by atoms with E-state index in [9.17, 15) is 14.7 Å². The second-order valence-corrected chi connectivity index (χ2v) is 4.91. The molecule has 0 aromatic heterocycles. The predicted octanol–water partition coefficient (Wildman–Crippen LogP) is 1.01. The van der Waals surface area contributed by atoms with Crippen LogP contribution in [0.15, 0.2) is 0 Å². The topological polar surface area (TPSA) is 86.6 Å². The highest BCUT2D eigenvalue weighted by atomic mass is 16.4. The van der Waals surface area contributed by atoms with Gasteiger partial charge in [0, 0.05) is 6.42 Å². The number of aliphatic hydroxyl groups excluding tert-OH is 1. The van der Waals surface area contributed by atoms with Gasteiger partial charge in [-0.25, -0.2) is 0 Å². The Hall–Kier alpha value is -1.10. The first-order valence-electron chi connectivity index (χ1n) is 5.91. The van der Waals surface area contributed by atoms with Gasteiger partial charge in [0.15, 0.2) is 0 Å². The molecular weight excluding hydrogens is 222 g/mol. The molecule has 1 unspecified atom stereocenters. The second kappa shape index (κ2) is 6.59. The highest BCUT2D eigenvalue weighted by Crippen LogP contribution is 2.31. The molecule has 0 heterocycles. The van der Waals surface area contributed by atoms with Crippen molar-refractivity contribution in [2.45, 2.75) is 46.6 Å². The third-order valence-corrected chi connectivity index (χ3v) is 3.37. The van der Waals surface area contributed by atoms with Crippen LogP contribution in [0.2, 0.25) is 0 Å². The highest BCUT2D eigenvalue weighted by molar-refractivity contribution is 5.85. The molecule has 2 atom stereocenters. The molecule has 0 fully saturated rings. The maximum atomic E-state index is 11.7. The number of amides is 1. The van der Waals surface area contributed by atoms with Gasteiger partial charge in [0.1, 0.15) is 0 Å². The molecule has 100 valence electrons. The van der Waals surface area contributed by atoms with Crippen LogP contribution in [0.5, 0.6) is 0 Å². The standard InChI is InChI=1S/C12H23NO4/c1-5-9(7-14)13-10(15)6-12(4,8(2)3)11(16)17/h8-9,14H,5-7H2,1-4H3,(H,13,15)(H,16,17)/t9-,12?/m1/s1. The van der Waals surface area contributed by atoms with Crippen LogP contribution in [0.25, 0.3) is 0 Å². The molecule has 3 N–H and O–H groups in total. The van der Waals surface area contributed by atoms with Crippen molar-refractivity contribution in [3.63, 3.8) is 0 Å². The largest absolute Gasteiger partial charge is 0.481 e. The van der Waals surface area contributed by atoms with Gasteiger partial charge in [0.2, 0.25) is 5.91 Å². The molecule has 0 radical (unpaired) electrons. The van der Waals surface area contributed by atoms with Gasteiger partial charge in [0.25, 0.3) is 0 Å². The number of nitrogens with one attached hydrogen (secondary N) is 1. The fraction of sp³-hybridized carbons (Fsp3) is 0.833. The average molecular weight is 245 g/mol. The fourth-order valence-corrected chi connectivity index (χ4v) is 1.42. The number of carbonyl (C=O) groups is 2. The maximum absolute atomic E-state index is 11.7. The van der Waals surface area contributed by atoms with Crippen molar-refractivity contribution in [2.75, 3.05) is 6.61 Å². The zero-order chi connectivity index (χ0) is 13.6. The Morgan fingerprint density at radius 3 is 2.18 bits per heavy atom. The van der Waals surface area contributed by atoms with Gasteiger partial charge in [0.05, 0.1) is 18.1 Å². The Morgan fingerprint density at radius 2 is 1.88 bits per heavy atom. The Labute approximate surface area is 102 Å². The van der Waals surface area contributed by atoms with Crippen LogP contribution < -0.4 is 5.32 Å². The highest BCUT2D eigenvalue weighted by Gasteiger charge is 2.38. The lowest BCUT2D eigenvalue weighted by Crippen LogP contribution is -2.43. The fourth-order valence-electron chi connectivity index (χ4n) is 1.42. The molecule has 0 saturated carbocycles. The number of hydrogen-bond donors (Lipinski definition) is 3. The van der Waals surface area contributed by atoms with Gasteiger partial charge in [-0.05, 0) is 19.3 Å². The van der Waals surface area contributed by atoms with Crippen LogP contribution in [-0.2, 0) is 9.59 Å². The molecule has 17 heavy (non-hydrogen) atoms. The first-order valence-corrected chi connectivity index (χ1v) is 5.91. The monoisotopic (exact) mass is 245 g/mol. The smallest absolute Gasteiger partial charge is 0.310 e. The van der Waals surface area contributed by atoms with Gasteiger partial charge < -0.3 is 15.5 Å². The molecule has 0 aliphatic rings. The zero-order valence-electron chi connectivity index (χ0n) is 11.0. The Balaban J connectivity index is 4.58. The number of rotatable bonds is 7. The molecule has 1 amide bonds. The van der Waals surface area contributed by atoms with E-state index in [1.807, 2.05) is 6.92 Å². The first kappa shape index (κ1) is 15.9. The van der Waals surface area contributed by atoms with E-state index in [1.165, 1.54) is 0 Å². The van der Waals surface area contributed by atoms with E-state index in [0.717, 1.165) is 0 Å². The Morgan fingerprint density at radius 1 is 1.35 bits per heavy atom. The quantitative estimate of drug-likeness (QED) is 0.624. The van der Waals surface area contributed by atoms with Crippen LogP contribution in [0.1, 0.15) is 40.5 Å². The minimum Gasteiger partial charge on any atom is -0.481 e. The van der Waals surface area contributed by atoms with E-state index in [4.69, 9.17) is 5.11 Å². The van der Waals surface area contributed by atoms with Crippen LogP contribution >= 0.6 is 0 Å². The van der Waals surface area contributed by atoms with Crippen molar-refractivity contribution in [3.8, 4) is 0 Å². The second-order valence-electron chi connectivity index (χ2n) is 4.91. The van der Waals surface area contributed by atoms with E-state index >= 15 is 0 Å². The molecule has 5 nitrogen and oxygen atoms in total. The summed E-state index contributed by atoms with van der Waals surface area (Å²) < 4.78 is 0. The van der Waals surface area contributed by atoms with Gasteiger partial charge in [-0.3, -0.25) is 9.59 Å². The summed E-state index contributed by atoms with van der Waals surface area (Å²) in [6.07, 6.45) is 0.546. The summed E-state index contributed by atoms with van der Waals surface area (Å²) in [4.78, 5) is 22.9. The molecule has 0 aromatic carbocycles. The summed E-state index contributed by atoms with van der Waals surface area (Å²) in [5, 5.41) is 20.8. The number of aliphatic hydroxyl groups is 1. The minimum absolute atomic E-state index is 0.0729. The minimum atomic E-state index is -1.07. The number of carbonyl (C=O) groups excluding carboxylic acids is 1. The molecule has 0 spiro atoms. The summed E-state index contributed by atoms with van der Waals surface area (Å²) in [5.74, 6) is -1.44. The third kappa shape index (κ3) is 4.34. The van der Waals surface area contributed by atoms with Crippen LogP contribution in [0.3, 0.4) is 0 Å². The van der Waals surface area contributed by atoms with E-state index in [1.54, 1.807) is 20.8 Å². The summed E-state index contributed by atoms with van der Waals surface area (Å²) in [5.41, 5.74) is -1.07. The molecule has 0 aliphatic heterocycles. The normalized spacial score (nSPS) is 16.4. The van der Waals surface area contributed by atoms with E-state index < -0.39 is 11.4 Å². The maximum Gasteiger partial charge on any atom is 0.310 e. The number of hydrogen-bond acceptors (Lipinski definition) is 3. The SMILES string of the molecule is CC[C@H](CO)NC(=O)CC(C)(C(=O)O)C(C)C. The lowest BCUT2D eigenvalue weighted by molar-refractivity contribution is -0.153. The lowest BCUT2D eigenvalue weighted by atomic mass is 9.76. The number of aliphatic carboxylic acids is 1. The molecular formula is C12H23NO4. The molecule has 0 aliphatic carbocycles. The Kier molecular flexibility index (Phi) is 6.16. The first-order chi connectivity index (χ1) is 7.77. The molecule has 0 bridgehead atoms. The molecule has 0 rings (SSSR count). The molecule has 5 heteroatoms. The van der Waals surface area contributed by atoms with E-state index in [2.05, 4.69) is 5.32 Å². The van der Waals surface area contributed by atoms with E-state index in [-0.39, 0.29) is 30.9 Å². The lowest BCUT2D eigenvalue weighted by Gasteiger charge is -2.29. The van der Waals surface area contributed by atoms with Gasteiger partial charge in [-0.1, -0.05) is 20.8 Å². The van der Waals surface area contributed by atoms with Crippen molar-refractivity contribution < 1.29 is 19.8 Å². The number of carboxylic acids is 1. The van der Waals surface area contributed by atoms with Crippen molar-refractivity contribution >= 4 is 11.9 Å². The van der Waals surface area contributed by atoms with E-state index in [0.29, 0.717) is 6.42 Å². The summed E-state index contributed by atoms with van der Waals surface area (Å²) in [6, 6.07) is -0.298. The average Bonchev–Trinajstić information content (AvgIpc) is 2.25. The van der Waals surface area contributed by atoms with Crippen molar-refractivity contribution in [1.29, 1.82) is 0 Å². The zero-order valence-corrected chi connectivity index (χ0v) is 11.0. The third-order valence-electron chi connectivity index (χ3n) is 3.37.